The van der Waals surface area contributed by atoms with Crippen LogP contribution in [0, 0.1) is 0 Å². The van der Waals surface area contributed by atoms with Gasteiger partial charge in [0.1, 0.15) is 5.75 Å². The summed E-state index contributed by atoms with van der Waals surface area (Å²) in [6, 6.07) is 8.14. The molecule has 1 heterocycles. The number of alkyl halides is 1. The van der Waals surface area contributed by atoms with Gasteiger partial charge in [-0.1, -0.05) is 18.2 Å². The summed E-state index contributed by atoms with van der Waals surface area (Å²) < 4.78 is 5.50. The van der Waals surface area contributed by atoms with Crippen LogP contribution < -0.4 is 4.74 Å². The minimum atomic E-state index is 0.483. The third-order valence-corrected chi connectivity index (χ3v) is 2.64. The van der Waals surface area contributed by atoms with Crippen molar-refractivity contribution in [1.29, 1.82) is 0 Å². The van der Waals surface area contributed by atoms with Crippen LogP contribution in [0.1, 0.15) is 17.9 Å². The zero-order chi connectivity index (χ0) is 8.39. The lowest BCUT2D eigenvalue weighted by molar-refractivity contribution is 0.273. The number of halogens is 1. The first-order valence-electron chi connectivity index (χ1n) is 4.19. The Morgan fingerprint density at radius 2 is 2.25 bits per heavy atom. The van der Waals surface area contributed by atoms with Gasteiger partial charge in [-0.2, -0.15) is 0 Å². The van der Waals surface area contributed by atoms with Gasteiger partial charge in [0.05, 0.1) is 6.61 Å². The highest BCUT2D eigenvalue weighted by Crippen LogP contribution is 2.33. The van der Waals surface area contributed by atoms with Crippen LogP contribution in [0.25, 0.3) is 0 Å². The van der Waals surface area contributed by atoms with E-state index in [0.29, 0.717) is 11.8 Å². The molecule has 1 aliphatic rings. The van der Waals surface area contributed by atoms with Gasteiger partial charge in [0, 0.05) is 11.8 Å². The molecule has 12 heavy (non-hydrogen) atoms. The lowest BCUT2D eigenvalue weighted by Crippen LogP contribution is -2.14. The Hall–Kier alpha value is -0.690. The highest BCUT2D eigenvalue weighted by Gasteiger charge is 2.19. The number of hydrogen-bond acceptors (Lipinski definition) is 1. The second kappa shape index (κ2) is 3.36. The highest BCUT2D eigenvalue weighted by atomic mass is 35.5. The fraction of sp³-hybridized carbons (Fsp3) is 0.400. The summed E-state index contributed by atoms with van der Waals surface area (Å²) >= 11 is 5.85. The number of hydrogen-bond donors (Lipinski definition) is 0. The maximum Gasteiger partial charge on any atom is 0.122 e. The molecular formula is C10H11ClO. The maximum absolute atomic E-state index is 5.85. The van der Waals surface area contributed by atoms with Crippen molar-refractivity contribution in [3.63, 3.8) is 0 Å². The molecule has 1 aromatic carbocycles. The standard InChI is InChI=1S/C10H11ClO/c11-7-8-5-6-12-10-4-2-1-3-9(8)10/h1-4,8H,5-7H2. The highest BCUT2D eigenvalue weighted by molar-refractivity contribution is 6.18. The Labute approximate surface area is 77.3 Å². The molecule has 0 bridgehead atoms. The molecule has 0 radical (unpaired) electrons. The Morgan fingerprint density at radius 3 is 3.08 bits per heavy atom. The second-order valence-corrected chi connectivity index (χ2v) is 3.33. The SMILES string of the molecule is ClCC1CCOc2ccccc21. The van der Waals surface area contributed by atoms with E-state index >= 15 is 0 Å². The van der Waals surface area contributed by atoms with Crippen molar-refractivity contribution in [3.8, 4) is 5.75 Å². The van der Waals surface area contributed by atoms with Crippen molar-refractivity contribution >= 4 is 11.6 Å². The van der Waals surface area contributed by atoms with Gasteiger partial charge in [-0.25, -0.2) is 0 Å². The van der Waals surface area contributed by atoms with Crippen LogP contribution in [0.2, 0.25) is 0 Å². The molecule has 0 aliphatic carbocycles. The van der Waals surface area contributed by atoms with E-state index in [1.165, 1.54) is 5.56 Å². The lowest BCUT2D eigenvalue weighted by Gasteiger charge is -2.23. The molecule has 0 spiro atoms. The maximum atomic E-state index is 5.85. The summed E-state index contributed by atoms with van der Waals surface area (Å²) in [4.78, 5) is 0. The summed E-state index contributed by atoms with van der Waals surface area (Å²) in [5, 5.41) is 0. The third kappa shape index (κ3) is 1.29. The monoisotopic (exact) mass is 182 g/mol. The average molecular weight is 183 g/mol. The molecule has 64 valence electrons. The molecule has 0 aromatic heterocycles. The van der Waals surface area contributed by atoms with Gasteiger partial charge in [-0.05, 0) is 18.1 Å². The van der Waals surface area contributed by atoms with Gasteiger partial charge in [0.2, 0.25) is 0 Å². The average Bonchev–Trinajstić information content (AvgIpc) is 2.17. The minimum absolute atomic E-state index is 0.483. The largest absolute Gasteiger partial charge is 0.493 e. The Bertz CT molecular complexity index is 272. The van der Waals surface area contributed by atoms with Gasteiger partial charge >= 0.3 is 0 Å². The summed E-state index contributed by atoms with van der Waals surface area (Å²) in [6.07, 6.45) is 1.04. The van der Waals surface area contributed by atoms with Crippen molar-refractivity contribution in [3.05, 3.63) is 29.8 Å². The lowest BCUT2D eigenvalue weighted by atomic mass is 9.95. The van der Waals surface area contributed by atoms with E-state index in [2.05, 4.69) is 6.07 Å². The molecule has 0 fully saturated rings. The zero-order valence-corrected chi connectivity index (χ0v) is 7.55. The topological polar surface area (TPSA) is 9.23 Å². The van der Waals surface area contributed by atoms with Gasteiger partial charge in [-0.15, -0.1) is 11.6 Å². The molecule has 0 saturated heterocycles. The first kappa shape index (κ1) is 7.93. The molecule has 1 aliphatic heterocycles. The van der Waals surface area contributed by atoms with E-state index in [-0.39, 0.29) is 0 Å². The number of para-hydroxylation sites is 1. The van der Waals surface area contributed by atoms with Crippen molar-refractivity contribution in [2.45, 2.75) is 12.3 Å². The van der Waals surface area contributed by atoms with E-state index in [4.69, 9.17) is 16.3 Å². The van der Waals surface area contributed by atoms with Gasteiger partial charge in [-0.3, -0.25) is 0 Å². The van der Waals surface area contributed by atoms with Crippen LogP contribution in [-0.4, -0.2) is 12.5 Å². The quantitative estimate of drug-likeness (QED) is 0.607. The predicted octanol–water partition coefficient (Wildman–Crippen LogP) is 2.79. The number of benzene rings is 1. The molecule has 0 saturated carbocycles. The predicted molar refractivity (Wildman–Crippen MR) is 50.0 cm³/mol. The summed E-state index contributed by atoms with van der Waals surface area (Å²) in [7, 11) is 0. The summed E-state index contributed by atoms with van der Waals surface area (Å²) in [5.74, 6) is 2.19. The van der Waals surface area contributed by atoms with E-state index in [1.807, 2.05) is 18.2 Å². The first-order valence-corrected chi connectivity index (χ1v) is 4.73. The number of fused-ring (bicyclic) bond motifs is 1. The molecule has 0 amide bonds. The molecule has 1 nitrogen and oxygen atoms in total. The fourth-order valence-electron chi connectivity index (χ4n) is 1.58. The smallest absolute Gasteiger partial charge is 0.122 e. The summed E-state index contributed by atoms with van der Waals surface area (Å²) in [5.41, 5.74) is 1.26. The van der Waals surface area contributed by atoms with Crippen LogP contribution >= 0.6 is 11.6 Å². The second-order valence-electron chi connectivity index (χ2n) is 3.03. The molecule has 1 unspecified atom stereocenters. The van der Waals surface area contributed by atoms with Crippen molar-refractivity contribution in [2.75, 3.05) is 12.5 Å². The Kier molecular flexibility index (Phi) is 2.22. The van der Waals surface area contributed by atoms with E-state index in [0.717, 1.165) is 18.8 Å². The first-order chi connectivity index (χ1) is 5.92. The van der Waals surface area contributed by atoms with E-state index < -0.39 is 0 Å². The van der Waals surface area contributed by atoms with Crippen LogP contribution in [0.3, 0.4) is 0 Å². The van der Waals surface area contributed by atoms with Crippen LogP contribution in [0.15, 0.2) is 24.3 Å². The van der Waals surface area contributed by atoms with Crippen LogP contribution in [0.4, 0.5) is 0 Å². The number of ether oxygens (including phenoxy) is 1. The van der Waals surface area contributed by atoms with E-state index in [1.54, 1.807) is 0 Å². The van der Waals surface area contributed by atoms with Crippen molar-refractivity contribution in [2.24, 2.45) is 0 Å². The molecule has 2 heteroatoms. The van der Waals surface area contributed by atoms with Crippen LogP contribution in [-0.2, 0) is 0 Å². The fourth-order valence-corrected chi connectivity index (χ4v) is 1.90. The third-order valence-electron chi connectivity index (χ3n) is 2.27. The van der Waals surface area contributed by atoms with Gasteiger partial charge < -0.3 is 4.74 Å². The normalized spacial score (nSPS) is 21.2. The van der Waals surface area contributed by atoms with Gasteiger partial charge in [0.25, 0.3) is 0 Å². The zero-order valence-electron chi connectivity index (χ0n) is 6.79. The van der Waals surface area contributed by atoms with Crippen molar-refractivity contribution < 1.29 is 4.74 Å². The number of rotatable bonds is 1. The van der Waals surface area contributed by atoms with Crippen LogP contribution in [0.5, 0.6) is 5.75 Å². The molecule has 1 aromatic rings. The van der Waals surface area contributed by atoms with Gasteiger partial charge in [0.15, 0.2) is 0 Å². The Morgan fingerprint density at radius 1 is 1.42 bits per heavy atom. The molecule has 0 N–H and O–H groups in total. The van der Waals surface area contributed by atoms with Crippen molar-refractivity contribution in [1.82, 2.24) is 0 Å². The molecule has 2 rings (SSSR count). The van der Waals surface area contributed by atoms with E-state index in [9.17, 15) is 0 Å². The molecular weight excluding hydrogens is 172 g/mol. The minimum Gasteiger partial charge on any atom is -0.493 e. The summed E-state index contributed by atoms with van der Waals surface area (Å²) in [6.45, 7) is 0.800. The Balaban J connectivity index is 2.37. The molecule has 1 atom stereocenters.